The van der Waals surface area contributed by atoms with Crippen molar-refractivity contribution in [3.63, 3.8) is 0 Å². The third-order valence-corrected chi connectivity index (χ3v) is 3.87. The molecule has 0 aliphatic heterocycles. The van der Waals surface area contributed by atoms with Crippen molar-refractivity contribution in [1.82, 2.24) is 0 Å². The average Bonchev–Trinajstić information content (AvgIpc) is 2.64. The Morgan fingerprint density at radius 3 is 1.74 bits per heavy atom. The molecule has 112 valence electrons. The summed E-state index contributed by atoms with van der Waals surface area (Å²) in [5, 5.41) is 0. The Morgan fingerprint density at radius 1 is 0.652 bits per heavy atom. The van der Waals surface area contributed by atoms with Crippen LogP contribution in [0.15, 0.2) is 91.0 Å². The minimum atomic E-state index is 0.0540. The maximum atomic E-state index is 12.8. The fourth-order valence-electron chi connectivity index (χ4n) is 2.65. The van der Waals surface area contributed by atoms with Crippen LogP contribution >= 0.6 is 0 Å². The van der Waals surface area contributed by atoms with Crippen molar-refractivity contribution in [2.75, 3.05) is 0 Å². The van der Waals surface area contributed by atoms with Crippen molar-refractivity contribution >= 4 is 11.4 Å². The van der Waals surface area contributed by atoms with E-state index < -0.39 is 0 Å². The molecule has 0 saturated carbocycles. The Balaban J connectivity index is 1.89. The summed E-state index contributed by atoms with van der Waals surface area (Å²) in [7, 11) is 0. The van der Waals surface area contributed by atoms with E-state index in [0.717, 1.165) is 22.3 Å². The van der Waals surface area contributed by atoms with Gasteiger partial charge in [0.1, 0.15) is 0 Å². The third kappa shape index (κ3) is 3.29. The Kier molecular flexibility index (Phi) is 4.49. The van der Waals surface area contributed by atoms with Crippen molar-refractivity contribution in [3.05, 3.63) is 102 Å². The second-order valence-corrected chi connectivity index (χ2v) is 5.34. The summed E-state index contributed by atoms with van der Waals surface area (Å²) in [4.78, 5) is 12.8. The number of Topliss-reactive ketones (excluding diaryl/α,β-unsaturated/α-hetero) is 1. The Hall–Kier alpha value is -2.93. The van der Waals surface area contributed by atoms with Crippen molar-refractivity contribution < 1.29 is 4.79 Å². The van der Waals surface area contributed by atoms with E-state index >= 15 is 0 Å². The molecule has 1 nitrogen and oxygen atoms in total. The smallest absolute Gasteiger partial charge is 0.193 e. The summed E-state index contributed by atoms with van der Waals surface area (Å²) in [5.41, 5.74) is 4.66. The van der Waals surface area contributed by atoms with Gasteiger partial charge in [0.25, 0.3) is 0 Å². The van der Waals surface area contributed by atoms with Crippen molar-refractivity contribution in [2.24, 2.45) is 0 Å². The number of hydrogen-bond acceptors (Lipinski definition) is 1. The van der Waals surface area contributed by atoms with E-state index in [2.05, 4.69) is 12.1 Å². The number of carbonyl (C=O) groups excluding carboxylic acids is 1. The molecule has 0 saturated heterocycles. The predicted molar refractivity (Wildman–Crippen MR) is 96.3 cm³/mol. The molecule has 0 radical (unpaired) electrons. The van der Waals surface area contributed by atoms with Crippen LogP contribution in [0.5, 0.6) is 0 Å². The standard InChI is InChI=1S/C22H18O/c1-2-21(19-11-7-4-8-12-19)22(23)20-15-13-18(14-16-20)17-9-5-3-6-10-17/h2-16H,1H3/b21-2+. The number of rotatable bonds is 4. The molecule has 0 spiro atoms. The lowest BCUT2D eigenvalue weighted by molar-refractivity contribution is 0.105. The minimum Gasteiger partial charge on any atom is -0.289 e. The van der Waals surface area contributed by atoms with Crippen LogP contribution in [0.1, 0.15) is 22.8 Å². The molecule has 0 fully saturated rings. The van der Waals surface area contributed by atoms with Crippen LogP contribution in [0.3, 0.4) is 0 Å². The van der Waals surface area contributed by atoms with Gasteiger partial charge in [-0.2, -0.15) is 0 Å². The number of hydrogen-bond donors (Lipinski definition) is 0. The number of ketones is 1. The second kappa shape index (κ2) is 6.89. The zero-order chi connectivity index (χ0) is 16.1. The summed E-state index contributed by atoms with van der Waals surface area (Å²) in [6, 6.07) is 27.7. The number of benzene rings is 3. The number of carbonyl (C=O) groups is 1. The van der Waals surface area contributed by atoms with E-state index in [9.17, 15) is 4.79 Å². The Morgan fingerprint density at radius 2 is 1.17 bits per heavy atom. The fraction of sp³-hybridized carbons (Fsp3) is 0.0455. The van der Waals surface area contributed by atoms with E-state index in [4.69, 9.17) is 0 Å². The summed E-state index contributed by atoms with van der Waals surface area (Å²) in [6.45, 7) is 1.90. The highest BCUT2D eigenvalue weighted by Crippen LogP contribution is 2.23. The van der Waals surface area contributed by atoms with Crippen LogP contribution in [0.4, 0.5) is 0 Å². The van der Waals surface area contributed by atoms with E-state index in [1.807, 2.05) is 85.8 Å². The fourth-order valence-corrected chi connectivity index (χ4v) is 2.65. The van der Waals surface area contributed by atoms with E-state index in [1.54, 1.807) is 0 Å². The molecule has 3 aromatic carbocycles. The monoisotopic (exact) mass is 298 g/mol. The van der Waals surface area contributed by atoms with Gasteiger partial charge in [-0.15, -0.1) is 0 Å². The van der Waals surface area contributed by atoms with Gasteiger partial charge in [0.05, 0.1) is 0 Å². The van der Waals surface area contributed by atoms with Gasteiger partial charge < -0.3 is 0 Å². The molecule has 1 heteroatoms. The van der Waals surface area contributed by atoms with Crippen molar-refractivity contribution in [1.29, 1.82) is 0 Å². The van der Waals surface area contributed by atoms with Gasteiger partial charge in [0, 0.05) is 11.1 Å². The van der Waals surface area contributed by atoms with Crippen LogP contribution in [0.2, 0.25) is 0 Å². The minimum absolute atomic E-state index is 0.0540. The molecule has 0 aromatic heterocycles. The highest BCUT2D eigenvalue weighted by atomic mass is 16.1. The first-order valence-corrected chi connectivity index (χ1v) is 7.71. The van der Waals surface area contributed by atoms with Gasteiger partial charge in [0.15, 0.2) is 5.78 Å². The SMILES string of the molecule is C/C=C(/C(=O)c1ccc(-c2ccccc2)cc1)c1ccccc1. The van der Waals surface area contributed by atoms with Crippen LogP contribution in [-0.4, -0.2) is 5.78 Å². The Bertz CT molecular complexity index is 813. The molecular weight excluding hydrogens is 280 g/mol. The van der Waals surface area contributed by atoms with Crippen LogP contribution in [0.25, 0.3) is 16.7 Å². The maximum Gasteiger partial charge on any atom is 0.193 e. The largest absolute Gasteiger partial charge is 0.289 e. The lowest BCUT2D eigenvalue weighted by Crippen LogP contribution is -2.02. The van der Waals surface area contributed by atoms with Gasteiger partial charge >= 0.3 is 0 Å². The topological polar surface area (TPSA) is 17.1 Å². The maximum absolute atomic E-state index is 12.8. The zero-order valence-electron chi connectivity index (χ0n) is 13.1. The first-order chi connectivity index (χ1) is 11.3. The van der Waals surface area contributed by atoms with Crippen LogP contribution in [-0.2, 0) is 0 Å². The van der Waals surface area contributed by atoms with Crippen LogP contribution < -0.4 is 0 Å². The highest BCUT2D eigenvalue weighted by Gasteiger charge is 2.13. The predicted octanol–water partition coefficient (Wildman–Crippen LogP) is 5.64. The molecule has 3 rings (SSSR count). The molecule has 0 aliphatic carbocycles. The molecule has 0 bridgehead atoms. The van der Waals surface area contributed by atoms with E-state index in [-0.39, 0.29) is 5.78 Å². The van der Waals surface area contributed by atoms with E-state index in [1.165, 1.54) is 0 Å². The van der Waals surface area contributed by atoms with Gasteiger partial charge in [0.2, 0.25) is 0 Å². The first kappa shape index (κ1) is 15.0. The molecule has 0 aliphatic rings. The molecular formula is C22H18O. The lowest BCUT2D eigenvalue weighted by Gasteiger charge is -2.08. The summed E-state index contributed by atoms with van der Waals surface area (Å²) in [6.07, 6.45) is 1.88. The van der Waals surface area contributed by atoms with Gasteiger partial charge in [-0.3, -0.25) is 4.79 Å². The molecule has 0 heterocycles. The number of allylic oxidation sites excluding steroid dienone is 2. The van der Waals surface area contributed by atoms with Crippen molar-refractivity contribution in [3.8, 4) is 11.1 Å². The summed E-state index contributed by atoms with van der Waals surface area (Å²) >= 11 is 0. The second-order valence-electron chi connectivity index (χ2n) is 5.34. The van der Waals surface area contributed by atoms with Crippen LogP contribution in [0, 0.1) is 0 Å². The molecule has 23 heavy (non-hydrogen) atoms. The molecule has 0 N–H and O–H groups in total. The first-order valence-electron chi connectivity index (χ1n) is 7.71. The lowest BCUT2D eigenvalue weighted by atomic mass is 9.95. The normalized spacial score (nSPS) is 11.3. The van der Waals surface area contributed by atoms with Gasteiger partial charge in [-0.05, 0) is 23.6 Å². The summed E-state index contributed by atoms with van der Waals surface area (Å²) in [5.74, 6) is 0.0540. The Labute approximate surface area is 136 Å². The van der Waals surface area contributed by atoms with Gasteiger partial charge in [-0.25, -0.2) is 0 Å². The summed E-state index contributed by atoms with van der Waals surface area (Å²) < 4.78 is 0. The molecule has 0 unspecified atom stereocenters. The van der Waals surface area contributed by atoms with E-state index in [0.29, 0.717) is 5.56 Å². The zero-order valence-corrected chi connectivity index (χ0v) is 13.1. The molecule has 0 amide bonds. The molecule has 3 aromatic rings. The molecule has 0 atom stereocenters. The quantitative estimate of drug-likeness (QED) is 0.450. The average molecular weight is 298 g/mol. The van der Waals surface area contributed by atoms with Crippen molar-refractivity contribution in [2.45, 2.75) is 6.92 Å². The van der Waals surface area contributed by atoms with Gasteiger partial charge in [-0.1, -0.05) is 91.0 Å². The highest BCUT2D eigenvalue weighted by molar-refractivity contribution is 6.28. The third-order valence-electron chi connectivity index (χ3n) is 3.87.